The molecular formula is C12H17ClN2S. The summed E-state index contributed by atoms with van der Waals surface area (Å²) in [6.45, 7) is 4.61. The number of nitrogens with zero attached hydrogens (tertiary/aromatic N) is 1. The molecule has 0 aromatic carbocycles. The number of hydrogen-bond acceptors (Lipinski definition) is 3. The van der Waals surface area contributed by atoms with E-state index in [1.165, 1.54) is 30.8 Å². The van der Waals surface area contributed by atoms with Crippen molar-refractivity contribution >= 4 is 22.9 Å². The van der Waals surface area contributed by atoms with Crippen molar-refractivity contribution < 1.29 is 0 Å². The summed E-state index contributed by atoms with van der Waals surface area (Å²) in [5.74, 6) is 0.882. The topological polar surface area (TPSA) is 15.3 Å². The van der Waals surface area contributed by atoms with Crippen LogP contribution in [0.2, 0.25) is 4.34 Å². The van der Waals surface area contributed by atoms with E-state index in [1.807, 2.05) is 6.07 Å². The van der Waals surface area contributed by atoms with Crippen molar-refractivity contribution in [3.05, 3.63) is 21.3 Å². The summed E-state index contributed by atoms with van der Waals surface area (Å²) in [6, 6.07) is 4.90. The summed E-state index contributed by atoms with van der Waals surface area (Å²) in [6.07, 6.45) is 2.79. The number of nitrogens with one attached hydrogen (secondary N) is 1. The zero-order valence-electron chi connectivity index (χ0n) is 9.29. The molecule has 1 saturated heterocycles. The number of halogens is 1. The van der Waals surface area contributed by atoms with Gasteiger partial charge in [-0.05, 0) is 30.9 Å². The highest BCUT2D eigenvalue weighted by atomic mass is 35.5. The van der Waals surface area contributed by atoms with Gasteiger partial charge in [0.25, 0.3) is 0 Å². The average Bonchev–Trinajstić information content (AvgIpc) is 3.04. The van der Waals surface area contributed by atoms with Crippen LogP contribution in [0.5, 0.6) is 0 Å². The number of hydrogen-bond donors (Lipinski definition) is 1. The molecule has 0 bridgehead atoms. The van der Waals surface area contributed by atoms with E-state index >= 15 is 0 Å². The van der Waals surface area contributed by atoms with Crippen LogP contribution in [0.1, 0.15) is 23.8 Å². The van der Waals surface area contributed by atoms with Crippen LogP contribution >= 0.6 is 22.9 Å². The van der Waals surface area contributed by atoms with Gasteiger partial charge in [0.05, 0.1) is 4.34 Å². The minimum Gasteiger partial charge on any atom is -0.314 e. The van der Waals surface area contributed by atoms with Crippen molar-refractivity contribution in [1.29, 1.82) is 0 Å². The Labute approximate surface area is 106 Å². The third-order valence-electron chi connectivity index (χ3n) is 3.50. The molecule has 0 amide bonds. The minimum absolute atomic E-state index is 0.639. The lowest BCUT2D eigenvalue weighted by molar-refractivity contribution is 0.159. The van der Waals surface area contributed by atoms with Crippen molar-refractivity contribution in [3.8, 4) is 0 Å². The third kappa shape index (κ3) is 2.28. The highest BCUT2D eigenvalue weighted by molar-refractivity contribution is 7.16. The first-order chi connectivity index (χ1) is 7.84. The van der Waals surface area contributed by atoms with E-state index in [4.69, 9.17) is 11.6 Å². The zero-order valence-corrected chi connectivity index (χ0v) is 10.9. The Hall–Kier alpha value is -0.0900. The second kappa shape index (κ2) is 4.65. The number of piperazine rings is 1. The summed E-state index contributed by atoms with van der Waals surface area (Å²) in [7, 11) is 0. The van der Waals surface area contributed by atoms with Gasteiger partial charge in [0.1, 0.15) is 0 Å². The maximum atomic E-state index is 6.06. The minimum atomic E-state index is 0.639. The van der Waals surface area contributed by atoms with Gasteiger partial charge in [0.2, 0.25) is 0 Å². The van der Waals surface area contributed by atoms with Crippen molar-refractivity contribution in [2.75, 3.05) is 26.2 Å². The van der Waals surface area contributed by atoms with Crippen molar-refractivity contribution in [3.63, 3.8) is 0 Å². The van der Waals surface area contributed by atoms with Gasteiger partial charge in [0.15, 0.2) is 0 Å². The van der Waals surface area contributed by atoms with Gasteiger partial charge in [-0.1, -0.05) is 11.6 Å². The van der Waals surface area contributed by atoms with Gasteiger partial charge in [0, 0.05) is 37.1 Å². The van der Waals surface area contributed by atoms with E-state index in [-0.39, 0.29) is 0 Å². The predicted molar refractivity (Wildman–Crippen MR) is 69.2 cm³/mol. The SMILES string of the molecule is Clc1ccc(C(C2CC2)N2CCNCC2)s1. The standard InChI is InChI=1S/C12H17ClN2S/c13-11-4-3-10(16-11)12(9-1-2-9)15-7-5-14-6-8-15/h3-4,9,12,14H,1-2,5-8H2. The molecule has 1 unspecified atom stereocenters. The smallest absolute Gasteiger partial charge is 0.0931 e. The van der Waals surface area contributed by atoms with Crippen LogP contribution in [0.25, 0.3) is 0 Å². The normalized spacial score (nSPS) is 24.6. The Kier molecular flexibility index (Phi) is 3.20. The van der Waals surface area contributed by atoms with E-state index in [0.717, 1.165) is 23.3 Å². The van der Waals surface area contributed by atoms with Crippen molar-refractivity contribution in [1.82, 2.24) is 10.2 Å². The maximum Gasteiger partial charge on any atom is 0.0931 e. The van der Waals surface area contributed by atoms with E-state index in [1.54, 1.807) is 11.3 Å². The molecule has 3 rings (SSSR count). The van der Waals surface area contributed by atoms with Crippen LogP contribution < -0.4 is 5.32 Å². The van der Waals surface area contributed by atoms with Gasteiger partial charge in [-0.15, -0.1) is 11.3 Å². The van der Waals surface area contributed by atoms with Gasteiger partial charge >= 0.3 is 0 Å². The van der Waals surface area contributed by atoms with Gasteiger partial charge in [-0.3, -0.25) is 4.90 Å². The largest absolute Gasteiger partial charge is 0.314 e. The predicted octanol–water partition coefficient (Wildman–Crippen LogP) is 2.76. The van der Waals surface area contributed by atoms with Crippen LogP contribution in [-0.2, 0) is 0 Å². The fourth-order valence-corrected chi connectivity index (χ4v) is 3.86. The van der Waals surface area contributed by atoms with E-state index in [2.05, 4.69) is 16.3 Å². The molecule has 2 heterocycles. The molecule has 4 heteroatoms. The fourth-order valence-electron chi connectivity index (χ4n) is 2.57. The molecule has 1 atom stereocenters. The Morgan fingerprint density at radius 1 is 1.31 bits per heavy atom. The van der Waals surface area contributed by atoms with E-state index in [0.29, 0.717) is 6.04 Å². The number of thiophene rings is 1. The van der Waals surface area contributed by atoms with E-state index in [9.17, 15) is 0 Å². The molecule has 1 aromatic rings. The molecule has 1 aromatic heterocycles. The molecule has 1 aliphatic carbocycles. The van der Waals surface area contributed by atoms with Crippen molar-refractivity contribution in [2.24, 2.45) is 5.92 Å². The molecule has 1 aliphatic heterocycles. The molecule has 0 spiro atoms. The van der Waals surface area contributed by atoms with Gasteiger partial charge in [-0.25, -0.2) is 0 Å². The maximum absolute atomic E-state index is 6.06. The molecule has 16 heavy (non-hydrogen) atoms. The van der Waals surface area contributed by atoms with Crippen LogP contribution in [0.3, 0.4) is 0 Å². The Morgan fingerprint density at radius 3 is 2.62 bits per heavy atom. The second-order valence-electron chi connectivity index (χ2n) is 4.71. The lowest BCUT2D eigenvalue weighted by Crippen LogP contribution is -2.45. The van der Waals surface area contributed by atoms with Crippen molar-refractivity contribution in [2.45, 2.75) is 18.9 Å². The highest BCUT2D eigenvalue weighted by Crippen LogP contribution is 2.46. The molecule has 2 nitrogen and oxygen atoms in total. The molecule has 0 radical (unpaired) electrons. The second-order valence-corrected chi connectivity index (χ2v) is 6.46. The fraction of sp³-hybridized carbons (Fsp3) is 0.667. The van der Waals surface area contributed by atoms with Crippen LogP contribution in [-0.4, -0.2) is 31.1 Å². The summed E-state index contributed by atoms with van der Waals surface area (Å²) in [5.41, 5.74) is 0. The number of rotatable bonds is 3. The molecule has 1 saturated carbocycles. The Bertz CT molecular complexity index is 356. The highest BCUT2D eigenvalue weighted by Gasteiger charge is 2.37. The first-order valence-corrected chi connectivity index (χ1v) is 7.24. The van der Waals surface area contributed by atoms with Crippen LogP contribution in [0.15, 0.2) is 12.1 Å². The lowest BCUT2D eigenvalue weighted by Gasteiger charge is -2.34. The molecule has 1 N–H and O–H groups in total. The summed E-state index contributed by atoms with van der Waals surface area (Å²) in [5, 5.41) is 3.42. The molecule has 2 aliphatic rings. The first kappa shape index (κ1) is 11.0. The summed E-state index contributed by atoms with van der Waals surface area (Å²) >= 11 is 7.82. The van der Waals surface area contributed by atoms with Crippen LogP contribution in [0, 0.1) is 5.92 Å². The quantitative estimate of drug-likeness (QED) is 0.895. The van der Waals surface area contributed by atoms with Gasteiger partial charge < -0.3 is 5.32 Å². The zero-order chi connectivity index (χ0) is 11.0. The monoisotopic (exact) mass is 256 g/mol. The average molecular weight is 257 g/mol. The Morgan fingerprint density at radius 2 is 2.06 bits per heavy atom. The lowest BCUT2D eigenvalue weighted by atomic mass is 10.1. The molecule has 2 fully saturated rings. The third-order valence-corrected chi connectivity index (χ3v) is 4.80. The Balaban J connectivity index is 1.79. The van der Waals surface area contributed by atoms with Gasteiger partial charge in [-0.2, -0.15) is 0 Å². The molecule has 88 valence electrons. The molecular weight excluding hydrogens is 240 g/mol. The summed E-state index contributed by atoms with van der Waals surface area (Å²) < 4.78 is 0.927. The first-order valence-electron chi connectivity index (χ1n) is 6.04. The van der Waals surface area contributed by atoms with Crippen LogP contribution in [0.4, 0.5) is 0 Å². The van der Waals surface area contributed by atoms with E-state index < -0.39 is 0 Å². The summed E-state index contributed by atoms with van der Waals surface area (Å²) in [4.78, 5) is 4.10.